The van der Waals surface area contributed by atoms with Crippen LogP contribution in [0.4, 0.5) is 0 Å². The van der Waals surface area contributed by atoms with E-state index in [4.69, 9.17) is 0 Å². The molecule has 2 aliphatic rings. The molecule has 0 aliphatic carbocycles. The zero-order valence-corrected chi connectivity index (χ0v) is 14.4. The first-order valence-electron chi connectivity index (χ1n) is 9.07. The van der Waals surface area contributed by atoms with Crippen molar-refractivity contribution in [2.24, 2.45) is 5.10 Å². The molecule has 26 heavy (non-hydrogen) atoms. The number of hydrogen-bond donors (Lipinski definition) is 3. The molecule has 1 unspecified atom stereocenters. The Bertz CT molecular complexity index is 941. The maximum absolute atomic E-state index is 4.58. The van der Waals surface area contributed by atoms with Crippen molar-refractivity contribution in [1.29, 1.82) is 0 Å². The Balaban J connectivity index is 1.53. The van der Waals surface area contributed by atoms with Crippen molar-refractivity contribution in [3.8, 4) is 11.3 Å². The molecule has 2 aromatic heterocycles. The van der Waals surface area contributed by atoms with Crippen LogP contribution in [0.15, 0.2) is 47.8 Å². The number of nitrogens with one attached hydrogen (secondary N) is 3. The van der Waals surface area contributed by atoms with Gasteiger partial charge in [0.25, 0.3) is 0 Å². The smallest absolute Gasteiger partial charge is 0.157 e. The molecule has 2 aliphatic heterocycles. The Morgan fingerprint density at radius 1 is 1.08 bits per heavy atom. The number of aromatic nitrogens is 3. The topological polar surface area (TPSA) is 81.2 Å². The average molecular weight is 347 g/mol. The van der Waals surface area contributed by atoms with Gasteiger partial charge in [0, 0.05) is 41.5 Å². The fourth-order valence-corrected chi connectivity index (χ4v) is 3.84. The molecule has 0 radical (unpaired) electrons. The molecule has 132 valence electrons. The van der Waals surface area contributed by atoms with Crippen LogP contribution >= 0.6 is 0 Å². The second kappa shape index (κ2) is 6.42. The molecule has 3 N–H and O–H groups in total. The molecule has 5 rings (SSSR count). The van der Waals surface area contributed by atoms with Gasteiger partial charge in [-0.2, -0.15) is 10.2 Å². The summed E-state index contributed by atoms with van der Waals surface area (Å²) in [6.45, 7) is 2.89. The minimum atomic E-state index is 0.484. The number of pyridine rings is 1. The second-order valence-electron chi connectivity index (χ2n) is 6.79. The van der Waals surface area contributed by atoms with Crippen LogP contribution in [0.1, 0.15) is 18.4 Å². The van der Waals surface area contributed by atoms with Crippen LogP contribution in [0.2, 0.25) is 0 Å². The summed E-state index contributed by atoms with van der Waals surface area (Å²) >= 11 is 0. The molecular formula is C19H21N7. The van der Waals surface area contributed by atoms with Gasteiger partial charge in [-0.25, -0.2) is 0 Å². The van der Waals surface area contributed by atoms with Crippen LogP contribution in [0.3, 0.4) is 0 Å². The lowest BCUT2D eigenvalue weighted by molar-refractivity contribution is 0.262. The highest BCUT2D eigenvalue weighted by Gasteiger charge is 2.28. The number of benzene rings is 1. The van der Waals surface area contributed by atoms with E-state index in [0.717, 1.165) is 53.3 Å². The number of aromatic amines is 1. The molecule has 0 bridgehead atoms. The van der Waals surface area contributed by atoms with Gasteiger partial charge in [-0.3, -0.25) is 15.5 Å². The van der Waals surface area contributed by atoms with E-state index in [1.54, 1.807) is 12.4 Å². The molecule has 1 aromatic carbocycles. The number of amidine groups is 1. The van der Waals surface area contributed by atoms with Crippen molar-refractivity contribution in [2.45, 2.75) is 18.9 Å². The third kappa shape index (κ3) is 2.61. The van der Waals surface area contributed by atoms with Crippen LogP contribution in [0.5, 0.6) is 0 Å². The highest BCUT2D eigenvalue weighted by Crippen LogP contribution is 2.28. The summed E-state index contributed by atoms with van der Waals surface area (Å²) in [4.78, 5) is 6.47. The number of nitrogens with zero attached hydrogens (tertiary/aromatic N) is 4. The number of rotatable bonds is 3. The first-order chi connectivity index (χ1) is 12.9. The molecule has 3 aromatic rings. The zero-order chi connectivity index (χ0) is 17.3. The predicted molar refractivity (Wildman–Crippen MR) is 102 cm³/mol. The maximum atomic E-state index is 4.58. The van der Waals surface area contributed by atoms with Crippen molar-refractivity contribution in [2.75, 3.05) is 19.8 Å². The Kier molecular flexibility index (Phi) is 3.79. The van der Waals surface area contributed by atoms with Crippen LogP contribution in [0.25, 0.3) is 22.2 Å². The lowest BCUT2D eigenvalue weighted by Crippen LogP contribution is -2.48. The summed E-state index contributed by atoms with van der Waals surface area (Å²) in [5.74, 6) is 1.02. The Morgan fingerprint density at radius 3 is 2.85 bits per heavy atom. The number of hydrogen-bond acceptors (Lipinski definition) is 6. The third-order valence-corrected chi connectivity index (χ3v) is 5.18. The summed E-state index contributed by atoms with van der Waals surface area (Å²) in [6.07, 6.45) is 6.00. The molecule has 7 heteroatoms. The minimum Gasteiger partial charge on any atom is -0.331 e. The normalized spacial score (nSPS) is 20.2. The van der Waals surface area contributed by atoms with Gasteiger partial charge in [0.15, 0.2) is 5.84 Å². The van der Waals surface area contributed by atoms with E-state index in [0.29, 0.717) is 6.04 Å². The summed E-state index contributed by atoms with van der Waals surface area (Å²) in [5, 5.41) is 16.8. The van der Waals surface area contributed by atoms with E-state index in [1.165, 1.54) is 12.8 Å². The van der Waals surface area contributed by atoms with Crippen molar-refractivity contribution >= 4 is 16.7 Å². The highest BCUT2D eigenvalue weighted by atomic mass is 15.5. The number of piperidine rings is 1. The average Bonchev–Trinajstić information content (AvgIpc) is 3.36. The highest BCUT2D eigenvalue weighted by molar-refractivity contribution is 6.04. The van der Waals surface area contributed by atoms with Crippen molar-refractivity contribution in [3.05, 3.63) is 48.3 Å². The molecule has 1 saturated heterocycles. The van der Waals surface area contributed by atoms with E-state index in [2.05, 4.69) is 54.1 Å². The Hall–Kier alpha value is -2.93. The standard InChI is InChI=1S/C19H21N7/c1-2-15(11-21-7-1)26-12-22-25-19(26)14-3-4-17-16(10-14)18(24-23-17)13-5-8-20-9-6-13/h3-6,8-10,15,21-22H,1-2,7,11-12H2,(H,23,24). The largest absolute Gasteiger partial charge is 0.331 e. The lowest BCUT2D eigenvalue weighted by Gasteiger charge is -2.33. The van der Waals surface area contributed by atoms with Crippen LogP contribution in [-0.2, 0) is 0 Å². The summed E-state index contributed by atoms with van der Waals surface area (Å²) in [7, 11) is 0. The lowest BCUT2D eigenvalue weighted by atomic mass is 10.0. The minimum absolute atomic E-state index is 0.484. The fourth-order valence-electron chi connectivity index (χ4n) is 3.84. The molecule has 0 spiro atoms. The fraction of sp³-hybridized carbons (Fsp3) is 0.316. The summed E-state index contributed by atoms with van der Waals surface area (Å²) in [6, 6.07) is 10.8. The first kappa shape index (κ1) is 15.3. The van der Waals surface area contributed by atoms with E-state index in [-0.39, 0.29) is 0 Å². The van der Waals surface area contributed by atoms with E-state index in [1.807, 2.05) is 12.1 Å². The van der Waals surface area contributed by atoms with Gasteiger partial charge in [0.05, 0.1) is 5.52 Å². The summed E-state index contributed by atoms with van der Waals surface area (Å²) in [5.41, 5.74) is 7.31. The van der Waals surface area contributed by atoms with Crippen molar-refractivity contribution in [3.63, 3.8) is 0 Å². The van der Waals surface area contributed by atoms with Crippen molar-refractivity contribution < 1.29 is 0 Å². The quantitative estimate of drug-likeness (QED) is 0.674. The van der Waals surface area contributed by atoms with Gasteiger partial charge in [-0.1, -0.05) is 0 Å². The Labute approximate surface area is 151 Å². The van der Waals surface area contributed by atoms with Crippen LogP contribution < -0.4 is 10.7 Å². The molecule has 4 heterocycles. The van der Waals surface area contributed by atoms with Crippen LogP contribution in [-0.4, -0.2) is 51.7 Å². The van der Waals surface area contributed by atoms with E-state index < -0.39 is 0 Å². The molecule has 1 fully saturated rings. The predicted octanol–water partition coefficient (Wildman–Crippen LogP) is 1.90. The first-order valence-corrected chi connectivity index (χ1v) is 9.07. The molecule has 0 amide bonds. The van der Waals surface area contributed by atoms with Gasteiger partial charge in [-0.15, -0.1) is 0 Å². The summed E-state index contributed by atoms with van der Waals surface area (Å²) < 4.78 is 0. The van der Waals surface area contributed by atoms with Gasteiger partial charge in [-0.05, 0) is 49.7 Å². The molecule has 0 saturated carbocycles. The van der Waals surface area contributed by atoms with Gasteiger partial charge >= 0.3 is 0 Å². The van der Waals surface area contributed by atoms with Gasteiger partial charge < -0.3 is 10.2 Å². The molecule has 7 nitrogen and oxygen atoms in total. The number of H-pyrrole nitrogens is 1. The van der Waals surface area contributed by atoms with Crippen molar-refractivity contribution in [1.82, 2.24) is 30.8 Å². The molecular weight excluding hydrogens is 326 g/mol. The third-order valence-electron chi connectivity index (χ3n) is 5.18. The van der Waals surface area contributed by atoms with E-state index >= 15 is 0 Å². The second-order valence-corrected chi connectivity index (χ2v) is 6.79. The molecule has 1 atom stereocenters. The SMILES string of the molecule is c1cc(-c2n[nH]c3ccc(C4=NNCN4C4CCCNC4)cc23)ccn1. The number of fused-ring (bicyclic) bond motifs is 1. The van der Waals surface area contributed by atoms with Gasteiger partial charge in [0.1, 0.15) is 12.4 Å². The van der Waals surface area contributed by atoms with Crippen LogP contribution in [0, 0.1) is 0 Å². The van der Waals surface area contributed by atoms with Gasteiger partial charge in [0.2, 0.25) is 0 Å². The number of hydrazone groups is 1. The monoisotopic (exact) mass is 347 g/mol. The Morgan fingerprint density at radius 2 is 2.00 bits per heavy atom. The maximum Gasteiger partial charge on any atom is 0.157 e. The zero-order valence-electron chi connectivity index (χ0n) is 14.4. The van der Waals surface area contributed by atoms with E-state index in [9.17, 15) is 0 Å².